The summed E-state index contributed by atoms with van der Waals surface area (Å²) in [4.78, 5) is 35.9. The fraction of sp³-hybridized carbons (Fsp3) is 0.400. The van der Waals surface area contributed by atoms with Crippen LogP contribution < -0.4 is 10.6 Å². The van der Waals surface area contributed by atoms with Crippen molar-refractivity contribution in [2.24, 2.45) is 0 Å². The number of unbranched alkanes of at least 4 members (excludes halogenated alkanes) is 2. The molecule has 1 aromatic carbocycles. The van der Waals surface area contributed by atoms with Crippen LogP contribution in [0.4, 0.5) is 5.69 Å². The first kappa shape index (κ1) is 21.9. The molecule has 0 bridgehead atoms. The van der Waals surface area contributed by atoms with Crippen molar-refractivity contribution in [1.29, 1.82) is 0 Å². The summed E-state index contributed by atoms with van der Waals surface area (Å²) in [6.45, 7) is 2.05. The van der Waals surface area contributed by atoms with Gasteiger partial charge in [0.2, 0.25) is 5.91 Å². The van der Waals surface area contributed by atoms with E-state index in [1.54, 1.807) is 0 Å². The zero-order chi connectivity index (χ0) is 18.4. The smallest absolute Gasteiger partial charge is 0.337 e. The van der Waals surface area contributed by atoms with Crippen molar-refractivity contribution in [2.45, 2.75) is 32.6 Å². The number of rotatable bonds is 7. The SMILES string of the molecule is CCCCCC(=O)Nc1c(I)c(C(=O)O)c(I)c(C(=O)NC)c1I. The molecule has 1 rings (SSSR count). The maximum Gasteiger partial charge on any atom is 0.337 e. The second-order valence-electron chi connectivity index (χ2n) is 4.96. The molecular formula is C15H17I3N2O4. The lowest BCUT2D eigenvalue weighted by Crippen LogP contribution is -2.24. The third-order valence-corrected chi connectivity index (χ3v) is 6.49. The summed E-state index contributed by atoms with van der Waals surface area (Å²) in [6, 6.07) is 0. The van der Waals surface area contributed by atoms with Crippen molar-refractivity contribution in [3.8, 4) is 0 Å². The number of carbonyl (C=O) groups is 3. The van der Waals surface area contributed by atoms with Crippen molar-refractivity contribution in [3.05, 3.63) is 21.8 Å². The van der Waals surface area contributed by atoms with Gasteiger partial charge in [0.1, 0.15) is 0 Å². The van der Waals surface area contributed by atoms with Gasteiger partial charge in [0, 0.05) is 17.0 Å². The van der Waals surface area contributed by atoms with Gasteiger partial charge in [-0.25, -0.2) is 4.79 Å². The Morgan fingerprint density at radius 1 is 1.00 bits per heavy atom. The van der Waals surface area contributed by atoms with Gasteiger partial charge in [-0.15, -0.1) is 0 Å². The lowest BCUT2D eigenvalue weighted by Gasteiger charge is -2.17. The van der Waals surface area contributed by atoms with Gasteiger partial charge in [0.15, 0.2) is 0 Å². The second kappa shape index (κ2) is 10.1. The number of hydrogen-bond donors (Lipinski definition) is 3. The van der Waals surface area contributed by atoms with Crippen LogP contribution in [0.5, 0.6) is 0 Å². The van der Waals surface area contributed by atoms with E-state index < -0.39 is 5.97 Å². The van der Waals surface area contributed by atoms with E-state index >= 15 is 0 Å². The van der Waals surface area contributed by atoms with Crippen molar-refractivity contribution >= 4 is 91.2 Å². The van der Waals surface area contributed by atoms with Gasteiger partial charge in [-0.3, -0.25) is 9.59 Å². The summed E-state index contributed by atoms with van der Waals surface area (Å²) in [7, 11) is 1.48. The predicted molar refractivity (Wildman–Crippen MR) is 118 cm³/mol. The normalized spacial score (nSPS) is 10.4. The van der Waals surface area contributed by atoms with Crippen LogP contribution >= 0.6 is 67.8 Å². The number of halogens is 3. The number of benzene rings is 1. The molecule has 0 aliphatic heterocycles. The molecule has 0 heterocycles. The molecule has 0 saturated heterocycles. The maximum atomic E-state index is 12.2. The number of hydrogen-bond acceptors (Lipinski definition) is 3. The van der Waals surface area contributed by atoms with Crippen LogP contribution in [-0.4, -0.2) is 29.9 Å². The largest absolute Gasteiger partial charge is 0.478 e. The minimum absolute atomic E-state index is 0.0269. The molecule has 0 aliphatic rings. The Morgan fingerprint density at radius 2 is 1.58 bits per heavy atom. The summed E-state index contributed by atoms with van der Waals surface area (Å²) >= 11 is 5.73. The number of carboxylic acids is 1. The summed E-state index contributed by atoms with van der Waals surface area (Å²) in [5.74, 6) is -1.70. The van der Waals surface area contributed by atoms with Gasteiger partial charge in [0.05, 0.1) is 24.0 Å². The third kappa shape index (κ3) is 5.16. The minimum atomic E-state index is -1.13. The van der Waals surface area contributed by atoms with E-state index in [0.717, 1.165) is 19.3 Å². The number of aromatic carboxylic acids is 1. The van der Waals surface area contributed by atoms with E-state index in [1.807, 2.05) is 67.8 Å². The number of nitrogens with one attached hydrogen (secondary N) is 2. The second-order valence-corrected chi connectivity index (χ2v) is 8.19. The van der Waals surface area contributed by atoms with E-state index in [4.69, 9.17) is 0 Å². The van der Waals surface area contributed by atoms with Crippen molar-refractivity contribution < 1.29 is 19.5 Å². The van der Waals surface area contributed by atoms with Crippen LogP contribution in [0.1, 0.15) is 53.3 Å². The van der Waals surface area contributed by atoms with Gasteiger partial charge < -0.3 is 15.7 Å². The minimum Gasteiger partial charge on any atom is -0.478 e. The molecule has 0 radical (unpaired) electrons. The third-order valence-electron chi connectivity index (χ3n) is 3.26. The zero-order valence-electron chi connectivity index (χ0n) is 13.1. The molecule has 0 saturated carbocycles. The quantitative estimate of drug-likeness (QED) is 0.302. The lowest BCUT2D eigenvalue weighted by molar-refractivity contribution is -0.116. The van der Waals surface area contributed by atoms with Crippen LogP contribution in [-0.2, 0) is 4.79 Å². The maximum absolute atomic E-state index is 12.2. The first-order valence-corrected chi connectivity index (χ1v) is 10.4. The summed E-state index contributed by atoms with van der Waals surface area (Å²) in [5.41, 5.74) is 0.675. The average Bonchev–Trinajstić information content (AvgIpc) is 2.51. The van der Waals surface area contributed by atoms with Gasteiger partial charge in [-0.05, 0) is 74.2 Å². The Hall–Kier alpha value is -0.180. The van der Waals surface area contributed by atoms with Crippen LogP contribution in [0.2, 0.25) is 0 Å². The highest BCUT2D eigenvalue weighted by Gasteiger charge is 2.27. The average molecular weight is 670 g/mol. The standard InChI is InChI=1S/C15H17I3N2O4/c1-3-4-5-6-7(21)20-13-11(17)8(14(22)19-2)10(16)9(12(13)18)15(23)24/h3-6H2,1-2H3,(H,19,22)(H,20,21)(H,23,24). The molecule has 2 amide bonds. The Bertz CT molecular complexity index is 677. The van der Waals surface area contributed by atoms with Crippen molar-refractivity contribution in [2.75, 3.05) is 12.4 Å². The molecule has 0 atom stereocenters. The number of amides is 2. The first-order chi connectivity index (χ1) is 11.3. The molecule has 0 aliphatic carbocycles. The molecule has 132 valence electrons. The molecule has 0 fully saturated rings. The monoisotopic (exact) mass is 670 g/mol. The molecule has 0 spiro atoms. The van der Waals surface area contributed by atoms with Crippen LogP contribution in [0.3, 0.4) is 0 Å². The predicted octanol–water partition coefficient (Wildman–Crippen LogP) is 4.08. The van der Waals surface area contributed by atoms with E-state index in [0.29, 0.717) is 22.8 Å². The highest BCUT2D eigenvalue weighted by atomic mass is 127. The fourth-order valence-electron chi connectivity index (χ4n) is 2.02. The molecule has 6 nitrogen and oxygen atoms in total. The van der Waals surface area contributed by atoms with Crippen molar-refractivity contribution in [3.63, 3.8) is 0 Å². The molecular weight excluding hydrogens is 653 g/mol. The van der Waals surface area contributed by atoms with Crippen LogP contribution in [0.25, 0.3) is 0 Å². The van der Waals surface area contributed by atoms with Crippen LogP contribution in [0.15, 0.2) is 0 Å². The number of carbonyl (C=O) groups excluding carboxylic acids is 2. The topological polar surface area (TPSA) is 95.5 Å². The lowest BCUT2D eigenvalue weighted by atomic mass is 10.1. The van der Waals surface area contributed by atoms with E-state index in [9.17, 15) is 19.5 Å². The van der Waals surface area contributed by atoms with E-state index in [1.165, 1.54) is 7.05 Å². The first-order valence-electron chi connectivity index (χ1n) is 7.21. The summed E-state index contributed by atoms with van der Waals surface area (Å²) in [5, 5.41) is 14.8. The van der Waals surface area contributed by atoms with Crippen LogP contribution in [0, 0.1) is 10.7 Å². The van der Waals surface area contributed by atoms with Gasteiger partial charge in [0.25, 0.3) is 5.91 Å². The molecule has 1 aromatic rings. The fourth-order valence-corrected chi connectivity index (χ4v) is 6.41. The Morgan fingerprint density at radius 3 is 2.08 bits per heavy atom. The summed E-state index contributed by atoms with van der Waals surface area (Å²) in [6.07, 6.45) is 3.10. The molecule has 3 N–H and O–H groups in total. The van der Waals surface area contributed by atoms with Gasteiger partial charge >= 0.3 is 5.97 Å². The molecule has 0 aromatic heterocycles. The van der Waals surface area contributed by atoms with E-state index in [2.05, 4.69) is 17.6 Å². The Labute approximate surface area is 181 Å². The highest BCUT2D eigenvalue weighted by Crippen LogP contribution is 2.35. The zero-order valence-corrected chi connectivity index (χ0v) is 19.6. The van der Waals surface area contributed by atoms with Gasteiger partial charge in [-0.1, -0.05) is 19.8 Å². The van der Waals surface area contributed by atoms with Gasteiger partial charge in [-0.2, -0.15) is 0 Å². The Balaban J connectivity index is 3.38. The Kier molecular flexibility index (Phi) is 9.19. The number of carboxylic acid groups (broad SMARTS) is 1. The van der Waals surface area contributed by atoms with Crippen molar-refractivity contribution in [1.82, 2.24) is 5.32 Å². The van der Waals surface area contributed by atoms with E-state index in [-0.39, 0.29) is 22.9 Å². The molecule has 0 unspecified atom stereocenters. The highest BCUT2D eigenvalue weighted by molar-refractivity contribution is 14.1. The summed E-state index contributed by atoms with van der Waals surface area (Å²) < 4.78 is 1.32. The number of anilines is 1. The molecule has 24 heavy (non-hydrogen) atoms. The molecule has 9 heteroatoms.